The number of nitrogens with zero attached hydrogens (tertiary/aromatic N) is 3. The summed E-state index contributed by atoms with van der Waals surface area (Å²) in [5.41, 5.74) is 5.90. The van der Waals surface area contributed by atoms with Crippen molar-refractivity contribution >= 4 is 63.3 Å². The van der Waals surface area contributed by atoms with Crippen molar-refractivity contribution in [1.29, 1.82) is 0 Å². The van der Waals surface area contributed by atoms with Crippen molar-refractivity contribution in [3.05, 3.63) is 152 Å². The van der Waals surface area contributed by atoms with Crippen LogP contribution in [0.15, 0.2) is 109 Å². The third-order valence-corrected chi connectivity index (χ3v) is 9.78. The Morgan fingerprint density at radius 2 is 1.51 bits per heavy atom. The number of benzene rings is 4. The van der Waals surface area contributed by atoms with Gasteiger partial charge in [0.15, 0.2) is 5.75 Å². The molecule has 0 N–H and O–H groups in total. The number of carbonyl (C=O) groups excluding carboxylic acids is 1. The lowest BCUT2D eigenvalue weighted by Crippen LogP contribution is -2.47. The fourth-order valence-corrected chi connectivity index (χ4v) is 6.48. The predicted octanol–water partition coefficient (Wildman–Crippen LogP) is 10.7. The van der Waals surface area contributed by atoms with E-state index in [0.29, 0.717) is 58.8 Å². The Balaban J connectivity index is 0.00000541. The van der Waals surface area contributed by atoms with E-state index in [1.54, 1.807) is 24.4 Å². The van der Waals surface area contributed by atoms with E-state index in [1.807, 2.05) is 79.4 Å². The van der Waals surface area contributed by atoms with E-state index < -0.39 is 0 Å². The summed E-state index contributed by atoms with van der Waals surface area (Å²) >= 11 is 18.9. The largest absolute Gasteiger partial charge is 0.493 e. The SMILES string of the molecule is Br.CC(=CC(=O)N1CCN(Cc2ccc(CCOc3ccc(Cl)cc3)cc2)CC1)c1cc(C)c(Oc2ccc(OCc3ccccc3Cl)cn2)c(Cl)c1. The fraction of sp³-hybridized carbons (Fsp3) is 0.238. The molecular weight excluding hydrogens is 797 g/mol. The van der Waals surface area contributed by atoms with Crippen LogP contribution in [-0.4, -0.2) is 53.5 Å². The monoisotopic (exact) mass is 835 g/mol. The van der Waals surface area contributed by atoms with E-state index in [9.17, 15) is 4.79 Å². The van der Waals surface area contributed by atoms with Gasteiger partial charge in [-0.1, -0.05) is 77.3 Å². The van der Waals surface area contributed by atoms with E-state index >= 15 is 0 Å². The molecule has 6 rings (SSSR count). The number of hydrogen-bond donors (Lipinski definition) is 0. The molecule has 0 unspecified atom stereocenters. The molecule has 0 atom stereocenters. The van der Waals surface area contributed by atoms with Crippen LogP contribution in [0.2, 0.25) is 15.1 Å². The smallest absolute Gasteiger partial charge is 0.246 e. The molecule has 7 nitrogen and oxygen atoms in total. The van der Waals surface area contributed by atoms with Gasteiger partial charge >= 0.3 is 0 Å². The zero-order valence-electron chi connectivity index (χ0n) is 29.6. The quantitative estimate of drug-likeness (QED) is 0.110. The van der Waals surface area contributed by atoms with Gasteiger partial charge in [-0.15, -0.1) is 17.0 Å². The molecule has 0 bridgehead atoms. The van der Waals surface area contributed by atoms with Crippen LogP contribution in [0, 0.1) is 6.92 Å². The molecule has 0 aliphatic carbocycles. The summed E-state index contributed by atoms with van der Waals surface area (Å²) in [5.74, 6) is 2.31. The van der Waals surface area contributed by atoms with Crippen LogP contribution < -0.4 is 14.2 Å². The van der Waals surface area contributed by atoms with Crippen molar-refractivity contribution in [3.63, 3.8) is 0 Å². The zero-order valence-corrected chi connectivity index (χ0v) is 33.5. The topological polar surface area (TPSA) is 64.1 Å². The standard InChI is InChI=1S/C42H40Cl3N3O4.BrH/c1-29(34-23-30(2)42(39(45)25-34)52-40-16-15-37(26-46-40)51-28-33-5-3-4-6-38(33)44)24-41(49)48-20-18-47(19-21-48)27-32-9-7-31(8-10-32)17-22-50-36-13-11-35(43)12-14-36;/h3-16,23-26H,17-22,27-28H2,1-2H3;1H. The van der Waals surface area contributed by atoms with Crippen molar-refractivity contribution in [2.75, 3.05) is 32.8 Å². The minimum absolute atomic E-state index is 0. The Bertz CT molecular complexity index is 1980. The lowest BCUT2D eigenvalue weighted by molar-refractivity contribution is -0.127. The maximum Gasteiger partial charge on any atom is 0.246 e. The number of pyridine rings is 1. The molecule has 0 radical (unpaired) electrons. The Hall–Kier alpha value is -4.05. The molecule has 4 aromatic carbocycles. The number of piperazine rings is 1. The zero-order chi connectivity index (χ0) is 36.5. The molecule has 2 heterocycles. The number of allylic oxidation sites excluding steroid dienone is 1. The van der Waals surface area contributed by atoms with Crippen LogP contribution in [0.25, 0.3) is 5.57 Å². The van der Waals surface area contributed by atoms with E-state index in [2.05, 4.69) is 34.1 Å². The number of rotatable bonds is 13. The lowest BCUT2D eigenvalue weighted by atomic mass is 10.0. The van der Waals surface area contributed by atoms with Crippen LogP contribution in [0.1, 0.15) is 34.7 Å². The second-order valence-electron chi connectivity index (χ2n) is 12.7. The lowest BCUT2D eigenvalue weighted by Gasteiger charge is -2.34. The molecule has 53 heavy (non-hydrogen) atoms. The summed E-state index contributed by atoms with van der Waals surface area (Å²) in [6, 6.07) is 30.9. The van der Waals surface area contributed by atoms with Gasteiger partial charge in [0.1, 0.15) is 18.1 Å². The third-order valence-electron chi connectivity index (χ3n) is 8.88. The van der Waals surface area contributed by atoms with Gasteiger partial charge in [-0.05, 0) is 90.2 Å². The van der Waals surface area contributed by atoms with E-state index in [4.69, 9.17) is 49.0 Å². The Labute approximate surface area is 336 Å². The van der Waals surface area contributed by atoms with Crippen molar-refractivity contribution in [2.45, 2.75) is 33.4 Å². The summed E-state index contributed by atoms with van der Waals surface area (Å²) in [6.07, 6.45) is 4.12. The highest BCUT2D eigenvalue weighted by Crippen LogP contribution is 2.35. The van der Waals surface area contributed by atoms with Gasteiger partial charge in [0.25, 0.3) is 0 Å². The molecule has 1 aliphatic rings. The molecule has 1 aliphatic heterocycles. The Morgan fingerprint density at radius 3 is 2.19 bits per heavy atom. The van der Waals surface area contributed by atoms with Crippen LogP contribution in [-0.2, 0) is 24.4 Å². The van der Waals surface area contributed by atoms with Crippen LogP contribution in [0.4, 0.5) is 0 Å². The number of ether oxygens (including phenoxy) is 3. The average Bonchev–Trinajstić information content (AvgIpc) is 3.15. The predicted molar refractivity (Wildman–Crippen MR) is 219 cm³/mol. The summed E-state index contributed by atoms with van der Waals surface area (Å²) < 4.78 is 17.7. The molecule has 1 aromatic heterocycles. The summed E-state index contributed by atoms with van der Waals surface area (Å²) in [6.45, 7) is 8.61. The number of aromatic nitrogens is 1. The van der Waals surface area contributed by atoms with Gasteiger partial charge in [-0.25, -0.2) is 4.98 Å². The van der Waals surface area contributed by atoms with E-state index in [1.165, 1.54) is 11.1 Å². The van der Waals surface area contributed by atoms with Crippen LogP contribution >= 0.6 is 51.8 Å². The number of hydrogen-bond acceptors (Lipinski definition) is 6. The highest BCUT2D eigenvalue weighted by molar-refractivity contribution is 8.93. The van der Waals surface area contributed by atoms with E-state index in [-0.39, 0.29) is 22.9 Å². The molecular formula is C42H41BrCl3N3O4. The van der Waals surface area contributed by atoms with Crippen LogP contribution in [0.5, 0.6) is 23.1 Å². The molecule has 0 saturated carbocycles. The number of amides is 1. The van der Waals surface area contributed by atoms with Crippen molar-refractivity contribution in [3.8, 4) is 23.1 Å². The van der Waals surface area contributed by atoms with Crippen molar-refractivity contribution in [1.82, 2.24) is 14.8 Å². The second-order valence-corrected chi connectivity index (χ2v) is 14.0. The Kier molecular flexibility index (Phi) is 14.6. The molecule has 5 aromatic rings. The first-order valence-electron chi connectivity index (χ1n) is 17.2. The molecule has 11 heteroatoms. The second kappa shape index (κ2) is 19.3. The summed E-state index contributed by atoms with van der Waals surface area (Å²) in [5, 5.41) is 1.79. The molecule has 1 fully saturated rings. The van der Waals surface area contributed by atoms with Gasteiger partial charge in [-0.3, -0.25) is 9.69 Å². The normalized spacial score (nSPS) is 13.3. The molecule has 0 spiro atoms. The number of halogens is 4. The maximum absolute atomic E-state index is 13.3. The van der Waals surface area contributed by atoms with Crippen LogP contribution in [0.3, 0.4) is 0 Å². The highest BCUT2D eigenvalue weighted by atomic mass is 79.9. The fourth-order valence-electron chi connectivity index (χ4n) is 5.85. The van der Waals surface area contributed by atoms with Gasteiger partial charge in [0.2, 0.25) is 11.8 Å². The first-order valence-corrected chi connectivity index (χ1v) is 18.3. The summed E-state index contributed by atoms with van der Waals surface area (Å²) in [4.78, 5) is 21.9. The highest BCUT2D eigenvalue weighted by Gasteiger charge is 2.21. The minimum atomic E-state index is -0.00234. The molecule has 276 valence electrons. The molecule has 1 saturated heterocycles. The Morgan fingerprint density at radius 1 is 0.811 bits per heavy atom. The van der Waals surface area contributed by atoms with Gasteiger partial charge in [0.05, 0.1) is 17.8 Å². The molecule has 1 amide bonds. The average molecular weight is 838 g/mol. The number of aryl methyl sites for hydroxylation is 1. The first-order chi connectivity index (χ1) is 25.2. The maximum atomic E-state index is 13.3. The van der Waals surface area contributed by atoms with Gasteiger partial charge < -0.3 is 19.1 Å². The minimum Gasteiger partial charge on any atom is -0.493 e. The van der Waals surface area contributed by atoms with Crippen molar-refractivity contribution < 1.29 is 19.0 Å². The van der Waals surface area contributed by atoms with Crippen molar-refractivity contribution in [2.24, 2.45) is 0 Å². The third kappa shape index (κ3) is 11.5. The first kappa shape index (κ1) is 40.1. The van der Waals surface area contributed by atoms with Gasteiger partial charge in [-0.2, -0.15) is 0 Å². The van der Waals surface area contributed by atoms with E-state index in [0.717, 1.165) is 54.1 Å². The number of carbonyl (C=O) groups is 1. The van der Waals surface area contributed by atoms with Gasteiger partial charge in [0, 0.05) is 66.9 Å². The summed E-state index contributed by atoms with van der Waals surface area (Å²) in [7, 11) is 0.